The van der Waals surface area contributed by atoms with Crippen LogP contribution < -0.4 is 5.32 Å². The van der Waals surface area contributed by atoms with Crippen LogP contribution in [0.15, 0.2) is 5.38 Å². The van der Waals surface area contributed by atoms with E-state index in [2.05, 4.69) is 31.5 Å². The highest BCUT2D eigenvalue weighted by Crippen LogP contribution is 2.40. The van der Waals surface area contributed by atoms with Gasteiger partial charge < -0.3 is 10.2 Å². The smallest absolute Gasteiger partial charge is 0.255 e. The van der Waals surface area contributed by atoms with E-state index >= 15 is 0 Å². The molecule has 1 aromatic heterocycles. The Labute approximate surface area is 138 Å². The van der Waals surface area contributed by atoms with E-state index in [1.165, 1.54) is 16.9 Å². The van der Waals surface area contributed by atoms with E-state index in [0.29, 0.717) is 5.41 Å². The van der Waals surface area contributed by atoms with Crippen LogP contribution in [0.3, 0.4) is 0 Å². The van der Waals surface area contributed by atoms with Gasteiger partial charge in [0.15, 0.2) is 0 Å². The summed E-state index contributed by atoms with van der Waals surface area (Å²) >= 11 is 1.81. The molecule has 1 unspecified atom stereocenters. The van der Waals surface area contributed by atoms with Crippen LogP contribution in [0, 0.1) is 11.3 Å². The summed E-state index contributed by atoms with van der Waals surface area (Å²) in [5, 5.41) is 5.49. The predicted octanol–water partition coefficient (Wildman–Crippen LogP) is 3.33. The predicted molar refractivity (Wildman–Crippen MR) is 92.7 cm³/mol. The highest BCUT2D eigenvalue weighted by atomic mass is 32.1. The van der Waals surface area contributed by atoms with Crippen molar-refractivity contribution in [2.45, 2.75) is 46.5 Å². The Morgan fingerprint density at radius 3 is 2.91 bits per heavy atom. The molecule has 2 heterocycles. The van der Waals surface area contributed by atoms with Gasteiger partial charge in [-0.1, -0.05) is 20.8 Å². The van der Waals surface area contributed by atoms with Crippen molar-refractivity contribution in [1.82, 2.24) is 10.2 Å². The molecule has 0 bridgehead atoms. The van der Waals surface area contributed by atoms with Crippen molar-refractivity contribution >= 4 is 17.2 Å². The van der Waals surface area contributed by atoms with Gasteiger partial charge in [-0.05, 0) is 49.1 Å². The van der Waals surface area contributed by atoms with Crippen LogP contribution in [0.4, 0.5) is 0 Å². The van der Waals surface area contributed by atoms with Gasteiger partial charge in [0.05, 0.1) is 5.56 Å². The number of nitrogens with zero attached hydrogens (tertiary/aromatic N) is 1. The molecule has 2 aliphatic rings. The Morgan fingerprint density at radius 2 is 2.14 bits per heavy atom. The van der Waals surface area contributed by atoms with Gasteiger partial charge in [0.1, 0.15) is 0 Å². The second-order valence-electron chi connectivity index (χ2n) is 7.75. The zero-order valence-corrected chi connectivity index (χ0v) is 14.9. The molecular formula is C18H28N2OS. The van der Waals surface area contributed by atoms with E-state index in [1.807, 2.05) is 4.90 Å². The van der Waals surface area contributed by atoms with E-state index in [9.17, 15) is 4.79 Å². The second-order valence-corrected chi connectivity index (χ2v) is 8.72. The number of rotatable bonds is 1. The lowest BCUT2D eigenvalue weighted by molar-refractivity contribution is 0.0765. The lowest BCUT2D eigenvalue weighted by Crippen LogP contribution is -2.35. The average Bonchev–Trinajstić information content (AvgIpc) is 2.70. The van der Waals surface area contributed by atoms with Crippen molar-refractivity contribution in [2.75, 3.05) is 26.2 Å². The third-order valence-electron chi connectivity index (χ3n) is 5.24. The van der Waals surface area contributed by atoms with Crippen LogP contribution in [0.2, 0.25) is 0 Å². The molecule has 0 radical (unpaired) electrons. The summed E-state index contributed by atoms with van der Waals surface area (Å²) in [6.07, 6.45) is 4.51. The largest absolute Gasteiger partial charge is 0.337 e. The maximum absolute atomic E-state index is 12.9. The number of amides is 1. The summed E-state index contributed by atoms with van der Waals surface area (Å²) in [7, 11) is 0. The number of carbonyl (C=O) groups excluding carboxylic acids is 1. The summed E-state index contributed by atoms with van der Waals surface area (Å²) < 4.78 is 0. The van der Waals surface area contributed by atoms with Gasteiger partial charge in [-0.15, -0.1) is 11.3 Å². The molecule has 1 saturated heterocycles. The lowest BCUT2D eigenvalue weighted by atomic mass is 9.72. The molecule has 0 aromatic carbocycles. The molecule has 22 heavy (non-hydrogen) atoms. The van der Waals surface area contributed by atoms with Gasteiger partial charge in [0.2, 0.25) is 0 Å². The fraction of sp³-hybridized carbons (Fsp3) is 0.722. The number of thiophene rings is 1. The SMILES string of the molecule is CC(C)(C)C1CCc2c(C(=O)N3CCCNCC3)csc2C1. The number of fused-ring (bicyclic) bond motifs is 1. The van der Waals surface area contributed by atoms with Crippen LogP contribution in [0.25, 0.3) is 0 Å². The Hall–Kier alpha value is -0.870. The van der Waals surface area contributed by atoms with Gasteiger partial charge in [0.25, 0.3) is 5.91 Å². The number of hydrogen-bond donors (Lipinski definition) is 1. The molecule has 1 amide bonds. The van der Waals surface area contributed by atoms with Crippen LogP contribution in [0.1, 0.15) is 54.4 Å². The maximum atomic E-state index is 12.9. The minimum Gasteiger partial charge on any atom is -0.337 e. The molecule has 1 aliphatic heterocycles. The standard InChI is InChI=1S/C18H28N2OS/c1-18(2,3)13-5-6-14-15(12-22-16(14)11-13)17(21)20-9-4-7-19-8-10-20/h12-13,19H,4-11H2,1-3H3. The fourth-order valence-electron chi connectivity index (χ4n) is 3.65. The fourth-order valence-corrected chi connectivity index (χ4v) is 4.81. The molecule has 1 aromatic rings. The van der Waals surface area contributed by atoms with E-state index < -0.39 is 0 Å². The molecule has 1 aliphatic carbocycles. The van der Waals surface area contributed by atoms with Crippen LogP contribution in [-0.2, 0) is 12.8 Å². The van der Waals surface area contributed by atoms with E-state index in [1.54, 1.807) is 11.3 Å². The number of nitrogens with one attached hydrogen (secondary N) is 1. The number of hydrogen-bond acceptors (Lipinski definition) is 3. The van der Waals surface area contributed by atoms with Crippen molar-refractivity contribution in [2.24, 2.45) is 11.3 Å². The molecule has 0 saturated carbocycles. The van der Waals surface area contributed by atoms with E-state index in [4.69, 9.17) is 0 Å². The summed E-state index contributed by atoms with van der Waals surface area (Å²) in [6.45, 7) is 10.7. The van der Waals surface area contributed by atoms with Gasteiger partial charge in [-0.2, -0.15) is 0 Å². The molecule has 122 valence electrons. The van der Waals surface area contributed by atoms with Crippen molar-refractivity contribution in [3.05, 3.63) is 21.4 Å². The monoisotopic (exact) mass is 320 g/mol. The first kappa shape index (κ1) is 16.0. The van der Waals surface area contributed by atoms with Gasteiger partial charge in [-0.3, -0.25) is 4.79 Å². The van der Waals surface area contributed by atoms with Crippen molar-refractivity contribution in [3.63, 3.8) is 0 Å². The van der Waals surface area contributed by atoms with Crippen molar-refractivity contribution in [1.29, 1.82) is 0 Å². The van der Waals surface area contributed by atoms with Crippen molar-refractivity contribution < 1.29 is 4.79 Å². The molecule has 3 rings (SSSR count). The third-order valence-corrected chi connectivity index (χ3v) is 6.29. The molecular weight excluding hydrogens is 292 g/mol. The summed E-state index contributed by atoms with van der Waals surface area (Å²) in [5.41, 5.74) is 2.71. The first-order valence-electron chi connectivity index (χ1n) is 8.56. The molecule has 4 heteroatoms. The third kappa shape index (κ3) is 3.23. The molecule has 0 spiro atoms. The number of carbonyl (C=O) groups is 1. The zero-order valence-electron chi connectivity index (χ0n) is 14.1. The highest BCUT2D eigenvalue weighted by molar-refractivity contribution is 7.10. The van der Waals surface area contributed by atoms with Crippen LogP contribution in [0.5, 0.6) is 0 Å². The second kappa shape index (κ2) is 6.32. The first-order valence-corrected chi connectivity index (χ1v) is 9.44. The Kier molecular flexibility index (Phi) is 4.60. The minimum absolute atomic E-state index is 0.260. The van der Waals surface area contributed by atoms with Gasteiger partial charge in [0, 0.05) is 29.9 Å². The van der Waals surface area contributed by atoms with Crippen LogP contribution in [-0.4, -0.2) is 37.0 Å². The lowest BCUT2D eigenvalue weighted by Gasteiger charge is -2.34. The molecule has 1 N–H and O–H groups in total. The quantitative estimate of drug-likeness (QED) is 0.861. The topological polar surface area (TPSA) is 32.3 Å². The Bertz CT molecular complexity index is 536. The summed E-state index contributed by atoms with van der Waals surface area (Å²) in [6, 6.07) is 0. The van der Waals surface area contributed by atoms with Gasteiger partial charge in [-0.25, -0.2) is 0 Å². The molecule has 1 fully saturated rings. The van der Waals surface area contributed by atoms with E-state index in [0.717, 1.165) is 56.9 Å². The highest BCUT2D eigenvalue weighted by Gasteiger charge is 2.32. The van der Waals surface area contributed by atoms with Crippen molar-refractivity contribution in [3.8, 4) is 0 Å². The molecule has 1 atom stereocenters. The minimum atomic E-state index is 0.260. The van der Waals surface area contributed by atoms with Gasteiger partial charge >= 0.3 is 0 Å². The van der Waals surface area contributed by atoms with Crippen LogP contribution >= 0.6 is 11.3 Å². The summed E-state index contributed by atoms with van der Waals surface area (Å²) in [5.74, 6) is 0.999. The molecule has 3 nitrogen and oxygen atoms in total. The van der Waals surface area contributed by atoms with E-state index in [-0.39, 0.29) is 5.91 Å². The Morgan fingerprint density at radius 1 is 1.32 bits per heavy atom. The zero-order chi connectivity index (χ0) is 15.7. The normalized spacial score (nSPS) is 23.0. The average molecular weight is 321 g/mol. The summed E-state index contributed by atoms with van der Waals surface area (Å²) in [4.78, 5) is 16.4. The first-order chi connectivity index (χ1) is 10.5. The maximum Gasteiger partial charge on any atom is 0.255 e. The Balaban J connectivity index is 1.77.